The molecule has 3 aromatic rings. The molecule has 0 bridgehead atoms. The fourth-order valence-corrected chi connectivity index (χ4v) is 4.26. The van der Waals surface area contributed by atoms with Crippen molar-refractivity contribution >= 4 is 5.91 Å². The summed E-state index contributed by atoms with van der Waals surface area (Å²) in [5.41, 5.74) is 15.5. The minimum Gasteiger partial charge on any atom is -0.366 e. The molecule has 1 heterocycles. The van der Waals surface area contributed by atoms with Crippen molar-refractivity contribution in [2.45, 2.75) is 52.4 Å². The Morgan fingerprint density at radius 3 is 2.17 bits per heavy atom. The van der Waals surface area contributed by atoms with Gasteiger partial charge >= 0.3 is 0 Å². The average Bonchev–Trinajstić information content (AvgIpc) is 3.21. The van der Waals surface area contributed by atoms with Gasteiger partial charge in [-0.15, -0.1) is 0 Å². The summed E-state index contributed by atoms with van der Waals surface area (Å²) in [5.74, 6) is -1.13. The molecule has 0 aliphatic carbocycles. The van der Waals surface area contributed by atoms with E-state index in [1.54, 1.807) is 6.07 Å². The Bertz CT molecular complexity index is 1030. The van der Waals surface area contributed by atoms with E-state index in [4.69, 9.17) is 11.5 Å². The molecule has 188 valence electrons. The van der Waals surface area contributed by atoms with Crippen LogP contribution in [-0.4, -0.2) is 25.5 Å². The van der Waals surface area contributed by atoms with Gasteiger partial charge in [0, 0.05) is 23.6 Å². The van der Waals surface area contributed by atoms with Crippen LogP contribution < -0.4 is 16.8 Å². The van der Waals surface area contributed by atoms with Crippen LogP contribution in [0.1, 0.15) is 72.5 Å². The fourth-order valence-electron chi connectivity index (χ4n) is 4.26. The van der Waals surface area contributed by atoms with Crippen LogP contribution >= 0.6 is 0 Å². The SMILES string of the molecule is C1CCCNCC1.CC.Cc1ccc(C(CN)c2ccccc2)cc1-c1c(F)cccc1C(N)=O. The van der Waals surface area contributed by atoms with Crippen LogP contribution in [0.4, 0.5) is 4.39 Å². The Hall–Kier alpha value is -3.02. The molecule has 0 spiro atoms. The number of hydrogen-bond donors (Lipinski definition) is 3. The zero-order chi connectivity index (χ0) is 25.6. The van der Waals surface area contributed by atoms with E-state index in [9.17, 15) is 9.18 Å². The maximum atomic E-state index is 14.6. The lowest BCUT2D eigenvalue weighted by Gasteiger charge is -2.19. The maximum absolute atomic E-state index is 14.6. The van der Waals surface area contributed by atoms with Crippen molar-refractivity contribution in [2.75, 3.05) is 19.6 Å². The van der Waals surface area contributed by atoms with Gasteiger partial charge in [-0.3, -0.25) is 4.79 Å². The predicted octanol–water partition coefficient (Wildman–Crippen LogP) is 6.17. The highest BCUT2D eigenvalue weighted by Gasteiger charge is 2.19. The minimum atomic E-state index is -0.650. The Kier molecular flexibility index (Phi) is 12.2. The molecule has 1 saturated heterocycles. The van der Waals surface area contributed by atoms with Crippen LogP contribution in [0, 0.1) is 12.7 Å². The first-order valence-electron chi connectivity index (χ1n) is 12.7. The third-order valence-corrected chi connectivity index (χ3v) is 6.11. The van der Waals surface area contributed by atoms with Crippen LogP contribution in [0.2, 0.25) is 0 Å². The van der Waals surface area contributed by atoms with E-state index in [1.165, 1.54) is 50.9 Å². The molecule has 1 fully saturated rings. The first-order chi connectivity index (χ1) is 17.0. The van der Waals surface area contributed by atoms with Gasteiger partial charge < -0.3 is 16.8 Å². The molecule has 5 N–H and O–H groups in total. The summed E-state index contributed by atoms with van der Waals surface area (Å²) >= 11 is 0. The van der Waals surface area contributed by atoms with Crippen molar-refractivity contribution in [3.05, 3.63) is 94.8 Å². The third kappa shape index (κ3) is 8.01. The largest absolute Gasteiger partial charge is 0.366 e. The molecule has 3 aromatic carbocycles. The van der Waals surface area contributed by atoms with Crippen molar-refractivity contribution in [2.24, 2.45) is 11.5 Å². The molecule has 1 amide bonds. The van der Waals surface area contributed by atoms with Gasteiger partial charge in [-0.05, 0) is 67.2 Å². The van der Waals surface area contributed by atoms with Crippen LogP contribution in [-0.2, 0) is 0 Å². The summed E-state index contributed by atoms with van der Waals surface area (Å²) in [4.78, 5) is 11.8. The highest BCUT2D eigenvalue weighted by atomic mass is 19.1. The lowest BCUT2D eigenvalue weighted by Crippen LogP contribution is -2.15. The molecule has 4 nitrogen and oxygen atoms in total. The number of nitrogens with one attached hydrogen (secondary N) is 1. The van der Waals surface area contributed by atoms with E-state index in [-0.39, 0.29) is 17.0 Å². The molecule has 4 rings (SSSR count). The number of nitrogens with two attached hydrogens (primary N) is 2. The molecular weight excluding hydrogens is 437 g/mol. The Balaban J connectivity index is 0.000000407. The number of primary amides is 1. The minimum absolute atomic E-state index is 0.0145. The van der Waals surface area contributed by atoms with Crippen molar-refractivity contribution in [1.82, 2.24) is 5.32 Å². The summed E-state index contributed by atoms with van der Waals surface area (Å²) < 4.78 is 14.6. The summed E-state index contributed by atoms with van der Waals surface area (Å²) in [6.45, 7) is 8.81. The van der Waals surface area contributed by atoms with E-state index in [0.29, 0.717) is 12.1 Å². The van der Waals surface area contributed by atoms with Gasteiger partial charge in [0.05, 0.1) is 0 Å². The van der Waals surface area contributed by atoms with E-state index >= 15 is 0 Å². The predicted molar refractivity (Wildman–Crippen MR) is 145 cm³/mol. The molecule has 5 heteroatoms. The Labute approximate surface area is 209 Å². The Morgan fingerprint density at radius 2 is 1.57 bits per heavy atom. The van der Waals surface area contributed by atoms with Gasteiger partial charge in [0.15, 0.2) is 0 Å². The second-order valence-electron chi connectivity index (χ2n) is 8.46. The molecule has 35 heavy (non-hydrogen) atoms. The number of halogens is 1. The molecule has 1 atom stereocenters. The quantitative estimate of drug-likeness (QED) is 0.411. The highest BCUT2D eigenvalue weighted by molar-refractivity contribution is 6.00. The molecular formula is C30H40FN3O. The second kappa shape index (κ2) is 15.1. The number of rotatable bonds is 5. The molecule has 0 saturated carbocycles. The van der Waals surface area contributed by atoms with E-state index in [2.05, 4.69) is 5.32 Å². The van der Waals surface area contributed by atoms with E-state index in [1.807, 2.05) is 69.3 Å². The van der Waals surface area contributed by atoms with Gasteiger partial charge in [-0.1, -0.05) is 81.3 Å². The van der Waals surface area contributed by atoms with E-state index < -0.39 is 11.7 Å². The number of benzene rings is 3. The van der Waals surface area contributed by atoms with Crippen molar-refractivity contribution < 1.29 is 9.18 Å². The van der Waals surface area contributed by atoms with E-state index in [0.717, 1.165) is 16.7 Å². The van der Waals surface area contributed by atoms with Gasteiger partial charge in [0.2, 0.25) is 5.91 Å². The van der Waals surface area contributed by atoms with Gasteiger partial charge in [-0.2, -0.15) is 0 Å². The van der Waals surface area contributed by atoms with Crippen molar-refractivity contribution in [3.8, 4) is 11.1 Å². The summed E-state index contributed by atoms with van der Waals surface area (Å²) in [7, 11) is 0. The smallest absolute Gasteiger partial charge is 0.249 e. The van der Waals surface area contributed by atoms with Crippen LogP contribution in [0.25, 0.3) is 11.1 Å². The number of amides is 1. The molecule has 0 radical (unpaired) electrons. The Morgan fingerprint density at radius 1 is 0.914 bits per heavy atom. The molecule has 1 unspecified atom stereocenters. The van der Waals surface area contributed by atoms with Crippen molar-refractivity contribution in [3.63, 3.8) is 0 Å². The topological polar surface area (TPSA) is 81.1 Å². The first-order valence-corrected chi connectivity index (χ1v) is 12.7. The highest BCUT2D eigenvalue weighted by Crippen LogP contribution is 2.33. The van der Waals surface area contributed by atoms with Crippen LogP contribution in [0.15, 0.2) is 66.7 Å². The van der Waals surface area contributed by atoms with Crippen LogP contribution in [0.3, 0.4) is 0 Å². The van der Waals surface area contributed by atoms with Gasteiger partial charge in [-0.25, -0.2) is 4.39 Å². The number of carbonyl (C=O) groups excluding carboxylic acids is 1. The standard InChI is InChI=1S/C22H21FN2O.C6H13N.C2H6/c1-14-10-11-16(19(13-24)15-6-3-2-4-7-15)12-18(14)21-17(22(25)26)8-5-9-20(21)23;1-2-4-6-7-5-3-1;1-2/h2-12,19H,13,24H2,1H3,(H2,25,26);7H,1-6H2;1-2H3. The summed E-state index contributed by atoms with van der Waals surface area (Å²) in [5, 5.41) is 3.35. The zero-order valence-electron chi connectivity index (χ0n) is 21.3. The lowest BCUT2D eigenvalue weighted by atomic mass is 9.87. The third-order valence-electron chi connectivity index (χ3n) is 6.11. The fraction of sp³-hybridized carbons (Fsp3) is 0.367. The second-order valence-corrected chi connectivity index (χ2v) is 8.46. The number of aryl methyl sites for hydroxylation is 1. The number of hydrogen-bond acceptors (Lipinski definition) is 3. The normalized spacial score (nSPS) is 13.9. The molecule has 1 aliphatic rings. The van der Waals surface area contributed by atoms with Gasteiger partial charge in [0.1, 0.15) is 5.82 Å². The van der Waals surface area contributed by atoms with Crippen LogP contribution in [0.5, 0.6) is 0 Å². The zero-order valence-corrected chi connectivity index (χ0v) is 21.3. The van der Waals surface area contributed by atoms with Gasteiger partial charge in [0.25, 0.3) is 0 Å². The maximum Gasteiger partial charge on any atom is 0.249 e. The average molecular weight is 478 g/mol. The monoisotopic (exact) mass is 477 g/mol. The lowest BCUT2D eigenvalue weighted by molar-refractivity contribution is 0.100. The molecule has 0 aromatic heterocycles. The number of carbonyl (C=O) groups is 1. The summed E-state index contributed by atoms with van der Waals surface area (Å²) in [6.07, 6.45) is 5.65. The van der Waals surface area contributed by atoms with Crippen molar-refractivity contribution in [1.29, 1.82) is 0 Å². The molecule has 1 aliphatic heterocycles. The summed E-state index contributed by atoms with van der Waals surface area (Å²) in [6, 6.07) is 20.1. The first kappa shape index (κ1) is 28.2.